The highest BCUT2D eigenvalue weighted by Crippen LogP contribution is 2.11. The fraction of sp³-hybridized carbons (Fsp3) is 0.250. The predicted octanol–water partition coefficient (Wildman–Crippen LogP) is 2.22. The van der Waals surface area contributed by atoms with E-state index in [0.717, 1.165) is 6.42 Å². The Bertz CT molecular complexity index is 525. The highest BCUT2D eigenvalue weighted by Gasteiger charge is 2.07. The normalized spacial score (nSPS) is 12.1. The summed E-state index contributed by atoms with van der Waals surface area (Å²) in [5.74, 6) is 0.558. The maximum absolute atomic E-state index is 5.54. The summed E-state index contributed by atoms with van der Waals surface area (Å²) in [6, 6.07) is 4.08. The van der Waals surface area contributed by atoms with Gasteiger partial charge in [0.25, 0.3) is 0 Å². The minimum absolute atomic E-state index is 0.251. The molecule has 0 saturated heterocycles. The zero-order valence-electron chi connectivity index (χ0n) is 9.96. The fourth-order valence-corrected chi connectivity index (χ4v) is 2.39. The largest absolute Gasteiger partial charge is 0.388 e. The Morgan fingerprint density at radius 1 is 1.56 bits per heavy atom. The second-order valence-corrected chi connectivity index (χ2v) is 5.23. The van der Waals surface area contributed by atoms with Crippen molar-refractivity contribution in [1.82, 2.24) is 9.97 Å². The summed E-state index contributed by atoms with van der Waals surface area (Å²) in [6.07, 6.45) is 2.59. The Hall–Kier alpha value is -1.53. The second kappa shape index (κ2) is 5.88. The molecule has 0 bridgehead atoms. The zero-order valence-corrected chi connectivity index (χ0v) is 11.6. The van der Waals surface area contributed by atoms with Crippen molar-refractivity contribution in [3.63, 3.8) is 0 Å². The smallest absolute Gasteiger partial charge is 0.223 e. The first kappa shape index (κ1) is 12.9. The van der Waals surface area contributed by atoms with Crippen molar-refractivity contribution in [3.8, 4) is 0 Å². The molecule has 2 aromatic heterocycles. The van der Waals surface area contributed by atoms with Crippen LogP contribution in [0.4, 0.5) is 5.95 Å². The van der Waals surface area contributed by atoms with Crippen LogP contribution >= 0.6 is 23.6 Å². The van der Waals surface area contributed by atoms with Gasteiger partial charge in [0.15, 0.2) is 0 Å². The number of rotatable bonds is 5. The third-order valence-corrected chi connectivity index (χ3v) is 3.35. The van der Waals surface area contributed by atoms with E-state index in [4.69, 9.17) is 18.0 Å². The van der Waals surface area contributed by atoms with Crippen LogP contribution < -0.4 is 11.1 Å². The fourth-order valence-electron chi connectivity index (χ4n) is 1.60. The van der Waals surface area contributed by atoms with Gasteiger partial charge in [0.05, 0.1) is 0 Å². The van der Waals surface area contributed by atoms with Gasteiger partial charge in [-0.2, -0.15) is 11.3 Å². The SMILES string of the molecule is CC(Cc1ccsc1)Nc1nccc(C(N)=S)n1. The van der Waals surface area contributed by atoms with Gasteiger partial charge in [-0.1, -0.05) is 12.2 Å². The standard InChI is InChI=1S/C12H14N4S2/c1-8(6-9-3-5-18-7-9)15-12-14-4-2-10(16-12)11(13)17/h2-5,7-8H,6H2,1H3,(H2,13,17)(H,14,15,16). The molecular weight excluding hydrogens is 264 g/mol. The van der Waals surface area contributed by atoms with Crippen LogP contribution in [0.25, 0.3) is 0 Å². The second-order valence-electron chi connectivity index (χ2n) is 4.01. The van der Waals surface area contributed by atoms with E-state index < -0.39 is 0 Å². The van der Waals surface area contributed by atoms with Gasteiger partial charge < -0.3 is 11.1 Å². The number of nitrogens with two attached hydrogens (primary N) is 1. The maximum atomic E-state index is 5.54. The van der Waals surface area contributed by atoms with E-state index in [1.165, 1.54) is 5.56 Å². The third-order valence-electron chi connectivity index (χ3n) is 2.41. The van der Waals surface area contributed by atoms with Gasteiger partial charge in [-0.05, 0) is 41.8 Å². The Morgan fingerprint density at radius 2 is 2.39 bits per heavy atom. The number of aromatic nitrogens is 2. The van der Waals surface area contributed by atoms with E-state index in [2.05, 4.69) is 39.0 Å². The van der Waals surface area contributed by atoms with E-state index in [0.29, 0.717) is 11.6 Å². The average Bonchev–Trinajstić information content (AvgIpc) is 2.82. The molecule has 94 valence electrons. The van der Waals surface area contributed by atoms with Gasteiger partial charge in [-0.15, -0.1) is 0 Å². The molecule has 0 amide bonds. The Labute approximate surface area is 115 Å². The molecule has 0 aliphatic heterocycles. The summed E-state index contributed by atoms with van der Waals surface area (Å²) in [6.45, 7) is 2.09. The number of hydrogen-bond donors (Lipinski definition) is 2. The lowest BCUT2D eigenvalue weighted by Gasteiger charge is -2.13. The van der Waals surface area contributed by atoms with Crippen LogP contribution in [-0.4, -0.2) is 21.0 Å². The minimum atomic E-state index is 0.251. The van der Waals surface area contributed by atoms with Crippen molar-refractivity contribution in [2.75, 3.05) is 5.32 Å². The Balaban J connectivity index is 2.00. The predicted molar refractivity (Wildman–Crippen MR) is 79.0 cm³/mol. The molecule has 18 heavy (non-hydrogen) atoms. The molecule has 0 fully saturated rings. The van der Waals surface area contributed by atoms with Crippen LogP contribution in [0.3, 0.4) is 0 Å². The van der Waals surface area contributed by atoms with Crippen molar-refractivity contribution in [2.45, 2.75) is 19.4 Å². The van der Waals surface area contributed by atoms with Gasteiger partial charge in [0.1, 0.15) is 10.7 Å². The summed E-state index contributed by atoms with van der Waals surface area (Å²) in [5, 5.41) is 7.46. The number of anilines is 1. The Morgan fingerprint density at radius 3 is 3.06 bits per heavy atom. The lowest BCUT2D eigenvalue weighted by molar-refractivity contribution is 0.779. The molecule has 6 heteroatoms. The summed E-state index contributed by atoms with van der Waals surface area (Å²) in [7, 11) is 0. The maximum Gasteiger partial charge on any atom is 0.223 e. The molecule has 0 aromatic carbocycles. The quantitative estimate of drug-likeness (QED) is 0.821. The van der Waals surface area contributed by atoms with Gasteiger partial charge in [0.2, 0.25) is 5.95 Å². The van der Waals surface area contributed by atoms with E-state index in [-0.39, 0.29) is 11.0 Å². The zero-order chi connectivity index (χ0) is 13.0. The molecule has 3 N–H and O–H groups in total. The summed E-state index contributed by atoms with van der Waals surface area (Å²) in [5.41, 5.74) is 7.44. The van der Waals surface area contributed by atoms with Gasteiger partial charge in [0, 0.05) is 12.2 Å². The molecule has 1 unspecified atom stereocenters. The van der Waals surface area contributed by atoms with E-state index >= 15 is 0 Å². The molecule has 0 saturated carbocycles. The van der Waals surface area contributed by atoms with Crippen molar-refractivity contribution in [3.05, 3.63) is 40.3 Å². The summed E-state index contributed by atoms with van der Waals surface area (Å²) < 4.78 is 0. The lowest BCUT2D eigenvalue weighted by Crippen LogP contribution is -2.21. The first-order valence-electron chi connectivity index (χ1n) is 5.55. The van der Waals surface area contributed by atoms with Crippen LogP contribution in [0, 0.1) is 0 Å². The molecule has 0 spiro atoms. The number of nitrogens with zero attached hydrogens (tertiary/aromatic N) is 2. The van der Waals surface area contributed by atoms with Crippen molar-refractivity contribution >= 4 is 34.5 Å². The van der Waals surface area contributed by atoms with E-state index in [1.807, 2.05) is 0 Å². The van der Waals surface area contributed by atoms with Crippen LogP contribution in [-0.2, 0) is 6.42 Å². The molecule has 2 rings (SSSR count). The third kappa shape index (κ3) is 3.48. The molecule has 0 radical (unpaired) electrons. The average molecular weight is 278 g/mol. The van der Waals surface area contributed by atoms with Crippen LogP contribution in [0.5, 0.6) is 0 Å². The molecule has 0 aliphatic rings. The number of hydrogen-bond acceptors (Lipinski definition) is 5. The molecule has 2 heterocycles. The monoisotopic (exact) mass is 278 g/mol. The first-order chi connectivity index (χ1) is 8.65. The van der Waals surface area contributed by atoms with Crippen molar-refractivity contribution in [2.24, 2.45) is 5.73 Å². The number of thiocarbonyl (C=S) groups is 1. The highest BCUT2D eigenvalue weighted by atomic mass is 32.1. The van der Waals surface area contributed by atoms with Crippen LogP contribution in [0.2, 0.25) is 0 Å². The number of thiophene rings is 1. The van der Waals surface area contributed by atoms with E-state index in [1.54, 1.807) is 23.6 Å². The molecule has 0 aliphatic carbocycles. The number of nitrogens with one attached hydrogen (secondary N) is 1. The van der Waals surface area contributed by atoms with Gasteiger partial charge in [-0.3, -0.25) is 0 Å². The summed E-state index contributed by atoms with van der Waals surface area (Å²) >= 11 is 6.59. The van der Waals surface area contributed by atoms with E-state index in [9.17, 15) is 0 Å². The molecular formula is C12H14N4S2. The Kier molecular flexibility index (Phi) is 4.22. The minimum Gasteiger partial charge on any atom is -0.388 e. The van der Waals surface area contributed by atoms with Crippen LogP contribution in [0.1, 0.15) is 18.2 Å². The highest BCUT2D eigenvalue weighted by molar-refractivity contribution is 7.80. The van der Waals surface area contributed by atoms with Gasteiger partial charge >= 0.3 is 0 Å². The lowest BCUT2D eigenvalue weighted by atomic mass is 10.1. The van der Waals surface area contributed by atoms with Crippen LogP contribution in [0.15, 0.2) is 29.1 Å². The molecule has 1 atom stereocenters. The van der Waals surface area contributed by atoms with Gasteiger partial charge in [-0.25, -0.2) is 9.97 Å². The van der Waals surface area contributed by atoms with Crippen molar-refractivity contribution in [1.29, 1.82) is 0 Å². The molecule has 2 aromatic rings. The molecule has 4 nitrogen and oxygen atoms in total. The van der Waals surface area contributed by atoms with Crippen molar-refractivity contribution < 1.29 is 0 Å². The topological polar surface area (TPSA) is 63.8 Å². The first-order valence-corrected chi connectivity index (χ1v) is 6.90. The summed E-state index contributed by atoms with van der Waals surface area (Å²) in [4.78, 5) is 8.70.